The van der Waals surface area contributed by atoms with E-state index in [1.165, 1.54) is 0 Å². The molecule has 0 aliphatic rings. The summed E-state index contributed by atoms with van der Waals surface area (Å²) in [6.07, 6.45) is 3.84. The predicted octanol–water partition coefficient (Wildman–Crippen LogP) is 2.16. The zero-order valence-corrected chi connectivity index (χ0v) is 9.04. The van der Waals surface area contributed by atoms with Gasteiger partial charge in [0.1, 0.15) is 6.07 Å². The molecule has 2 aromatic rings. The van der Waals surface area contributed by atoms with Gasteiger partial charge in [-0.15, -0.1) is 0 Å². The third kappa shape index (κ3) is 2.52. The van der Waals surface area contributed by atoms with Crippen LogP contribution in [0.1, 0.15) is 10.4 Å². The minimum atomic E-state index is -0.481. The van der Waals surface area contributed by atoms with E-state index >= 15 is 0 Å². The molecule has 1 aromatic heterocycles. The summed E-state index contributed by atoms with van der Waals surface area (Å²) in [6, 6.07) is 12.6. The van der Waals surface area contributed by atoms with E-state index in [1.54, 1.807) is 18.2 Å². The van der Waals surface area contributed by atoms with Gasteiger partial charge < -0.3 is 9.30 Å². The van der Waals surface area contributed by atoms with Gasteiger partial charge >= 0.3 is 5.97 Å². The number of rotatable bonds is 3. The van der Waals surface area contributed by atoms with E-state index in [0.717, 1.165) is 5.69 Å². The number of hydrogen-bond donors (Lipinski definition) is 0. The Bertz CT molecular complexity index is 536. The van der Waals surface area contributed by atoms with Crippen LogP contribution in [0.4, 0.5) is 0 Å². The second kappa shape index (κ2) is 4.99. The molecule has 0 saturated heterocycles. The second-order valence-corrected chi connectivity index (χ2v) is 3.37. The molecule has 4 nitrogen and oxygen atoms in total. The molecule has 17 heavy (non-hydrogen) atoms. The van der Waals surface area contributed by atoms with Gasteiger partial charge in [0.05, 0.1) is 5.56 Å². The Hall–Kier alpha value is -2.54. The highest BCUT2D eigenvalue weighted by Gasteiger charge is 2.06. The molecule has 0 atom stereocenters. The molecule has 0 spiro atoms. The lowest BCUT2D eigenvalue weighted by Gasteiger charge is -2.04. The number of carbonyl (C=O) groups excluding carboxylic acids is 1. The maximum absolute atomic E-state index is 11.4. The van der Waals surface area contributed by atoms with Crippen LogP contribution < -0.4 is 0 Å². The fourth-order valence-electron chi connectivity index (χ4n) is 1.46. The second-order valence-electron chi connectivity index (χ2n) is 3.37. The van der Waals surface area contributed by atoms with Crippen molar-refractivity contribution < 1.29 is 9.53 Å². The van der Waals surface area contributed by atoms with Gasteiger partial charge in [0.2, 0.25) is 0 Å². The molecule has 0 aliphatic heterocycles. The standard InChI is InChI=1S/C13H10N2O2/c14-7-10-17-13(16)11-3-5-12(6-4-11)15-8-1-2-9-15/h1-6,8-9H,10H2. The van der Waals surface area contributed by atoms with Crippen LogP contribution in [0.3, 0.4) is 0 Å². The molecule has 0 saturated carbocycles. The van der Waals surface area contributed by atoms with Crippen LogP contribution in [0, 0.1) is 11.3 Å². The highest BCUT2D eigenvalue weighted by atomic mass is 16.5. The lowest BCUT2D eigenvalue weighted by Crippen LogP contribution is -2.05. The molecule has 0 bridgehead atoms. The van der Waals surface area contributed by atoms with Gasteiger partial charge in [0.25, 0.3) is 0 Å². The molecule has 1 aromatic carbocycles. The van der Waals surface area contributed by atoms with Crippen molar-refractivity contribution in [3.05, 3.63) is 54.4 Å². The van der Waals surface area contributed by atoms with Crippen molar-refractivity contribution in [2.24, 2.45) is 0 Å². The molecule has 84 valence electrons. The predicted molar refractivity (Wildman–Crippen MR) is 61.7 cm³/mol. The van der Waals surface area contributed by atoms with E-state index in [4.69, 9.17) is 10.00 Å². The SMILES string of the molecule is N#CCOC(=O)c1ccc(-n2cccc2)cc1. The van der Waals surface area contributed by atoms with E-state index in [1.807, 2.05) is 41.2 Å². The highest BCUT2D eigenvalue weighted by Crippen LogP contribution is 2.10. The van der Waals surface area contributed by atoms with E-state index in [9.17, 15) is 4.79 Å². The number of hydrogen-bond acceptors (Lipinski definition) is 3. The molecule has 0 aliphatic carbocycles. The first-order valence-electron chi connectivity index (χ1n) is 5.09. The van der Waals surface area contributed by atoms with Crippen molar-refractivity contribution in [1.82, 2.24) is 4.57 Å². The van der Waals surface area contributed by atoms with Gasteiger partial charge in [0.15, 0.2) is 6.61 Å². The first-order valence-corrected chi connectivity index (χ1v) is 5.09. The largest absolute Gasteiger partial charge is 0.447 e. The number of aromatic nitrogens is 1. The summed E-state index contributed by atoms with van der Waals surface area (Å²) in [7, 11) is 0. The third-order valence-corrected chi connectivity index (χ3v) is 2.27. The lowest BCUT2D eigenvalue weighted by molar-refractivity contribution is 0.0555. The van der Waals surface area contributed by atoms with Crippen molar-refractivity contribution >= 4 is 5.97 Å². The number of nitrogens with zero attached hydrogens (tertiary/aromatic N) is 2. The van der Waals surface area contributed by atoms with Gasteiger partial charge in [-0.3, -0.25) is 0 Å². The lowest BCUT2D eigenvalue weighted by atomic mass is 10.2. The molecule has 0 amide bonds. The topological polar surface area (TPSA) is 55.0 Å². The van der Waals surface area contributed by atoms with Crippen molar-refractivity contribution in [1.29, 1.82) is 5.26 Å². The Kier molecular flexibility index (Phi) is 3.22. The number of benzene rings is 1. The Morgan fingerprint density at radius 3 is 2.47 bits per heavy atom. The molecule has 2 rings (SSSR count). The molecular weight excluding hydrogens is 216 g/mol. The van der Waals surface area contributed by atoms with Crippen molar-refractivity contribution in [3.8, 4) is 11.8 Å². The summed E-state index contributed by atoms with van der Waals surface area (Å²) in [6.45, 7) is -0.224. The summed E-state index contributed by atoms with van der Waals surface area (Å²) in [5, 5.41) is 8.30. The van der Waals surface area contributed by atoms with Crippen LogP contribution in [0.5, 0.6) is 0 Å². The van der Waals surface area contributed by atoms with Crippen LogP contribution in [0.2, 0.25) is 0 Å². The quantitative estimate of drug-likeness (QED) is 0.753. The van der Waals surface area contributed by atoms with Crippen molar-refractivity contribution in [3.63, 3.8) is 0 Å². The molecule has 0 unspecified atom stereocenters. The maximum atomic E-state index is 11.4. The van der Waals surface area contributed by atoms with E-state index in [-0.39, 0.29) is 6.61 Å². The van der Waals surface area contributed by atoms with Crippen molar-refractivity contribution in [2.45, 2.75) is 0 Å². The third-order valence-electron chi connectivity index (χ3n) is 2.27. The van der Waals surface area contributed by atoms with Crippen LogP contribution >= 0.6 is 0 Å². The van der Waals surface area contributed by atoms with E-state index in [0.29, 0.717) is 5.56 Å². The number of esters is 1. The zero-order valence-electron chi connectivity index (χ0n) is 9.04. The number of carbonyl (C=O) groups is 1. The Morgan fingerprint density at radius 1 is 1.24 bits per heavy atom. The molecular formula is C13H10N2O2. The monoisotopic (exact) mass is 226 g/mol. The maximum Gasteiger partial charge on any atom is 0.339 e. The smallest absolute Gasteiger partial charge is 0.339 e. The number of nitriles is 1. The van der Waals surface area contributed by atoms with Crippen molar-refractivity contribution in [2.75, 3.05) is 6.61 Å². The average Bonchev–Trinajstić information content (AvgIpc) is 2.90. The van der Waals surface area contributed by atoms with Crippen LogP contribution in [0.15, 0.2) is 48.8 Å². The summed E-state index contributed by atoms with van der Waals surface area (Å²) in [5.41, 5.74) is 1.41. The molecule has 0 N–H and O–H groups in total. The molecule has 0 radical (unpaired) electrons. The first kappa shape index (κ1) is 11.0. The van der Waals surface area contributed by atoms with Gasteiger partial charge in [0, 0.05) is 18.1 Å². The Labute approximate surface area is 98.7 Å². The van der Waals surface area contributed by atoms with Gasteiger partial charge in [-0.25, -0.2) is 4.79 Å². The fraction of sp³-hybridized carbons (Fsp3) is 0.0769. The average molecular weight is 226 g/mol. The van der Waals surface area contributed by atoms with E-state index < -0.39 is 5.97 Å². The number of ether oxygens (including phenoxy) is 1. The summed E-state index contributed by atoms with van der Waals surface area (Å²) < 4.78 is 6.64. The normalized spacial score (nSPS) is 9.59. The van der Waals surface area contributed by atoms with Crippen LogP contribution in [0.25, 0.3) is 5.69 Å². The first-order chi connectivity index (χ1) is 8.31. The van der Waals surface area contributed by atoms with Gasteiger partial charge in [-0.05, 0) is 36.4 Å². The van der Waals surface area contributed by atoms with Gasteiger partial charge in [-0.1, -0.05) is 0 Å². The zero-order chi connectivity index (χ0) is 12.1. The fourth-order valence-corrected chi connectivity index (χ4v) is 1.46. The van der Waals surface area contributed by atoms with E-state index in [2.05, 4.69) is 0 Å². The highest BCUT2D eigenvalue weighted by molar-refractivity contribution is 5.89. The van der Waals surface area contributed by atoms with Crippen LogP contribution in [-0.4, -0.2) is 17.1 Å². The Morgan fingerprint density at radius 2 is 1.88 bits per heavy atom. The summed E-state index contributed by atoms with van der Waals surface area (Å²) in [5.74, 6) is -0.481. The summed E-state index contributed by atoms with van der Waals surface area (Å²) in [4.78, 5) is 11.4. The molecule has 1 heterocycles. The molecule has 4 heteroatoms. The summed E-state index contributed by atoms with van der Waals surface area (Å²) >= 11 is 0. The molecule has 0 fully saturated rings. The van der Waals surface area contributed by atoms with Crippen LogP contribution in [-0.2, 0) is 4.74 Å². The Balaban J connectivity index is 2.14. The minimum Gasteiger partial charge on any atom is -0.447 e. The van der Waals surface area contributed by atoms with Gasteiger partial charge in [-0.2, -0.15) is 5.26 Å². The minimum absolute atomic E-state index is 0.224.